The van der Waals surface area contributed by atoms with Crippen molar-refractivity contribution in [2.45, 2.75) is 17.3 Å². The molecule has 0 saturated carbocycles. The van der Waals surface area contributed by atoms with Gasteiger partial charge in [-0.2, -0.15) is 11.8 Å². The number of aromatic carboxylic acids is 1. The first kappa shape index (κ1) is 19.0. The topological polar surface area (TPSA) is 116 Å². The smallest absolute Gasteiger partial charge is 0.534 e. The van der Waals surface area contributed by atoms with Gasteiger partial charge in [0.05, 0.1) is 18.3 Å². The average Bonchev–Trinajstić information content (AvgIpc) is 2.53. The Morgan fingerprint density at radius 1 is 1.46 bits per heavy atom. The number of carboxylic acids is 1. The van der Waals surface area contributed by atoms with Gasteiger partial charge in [-0.05, 0) is 24.3 Å². The number of carboxylic acid groups (broad SMARTS) is 1. The second-order valence-electron chi connectivity index (χ2n) is 5.12. The minimum absolute atomic E-state index is 0.0288. The Labute approximate surface area is 148 Å². The lowest BCUT2D eigenvalue weighted by Gasteiger charge is -2.29. The van der Waals surface area contributed by atoms with E-state index < -0.39 is 19.0 Å². The van der Waals surface area contributed by atoms with E-state index in [1.807, 2.05) is 0 Å². The molecule has 1 aromatic rings. The normalized spacial score (nSPS) is 16.3. The van der Waals surface area contributed by atoms with E-state index in [1.54, 1.807) is 18.4 Å². The van der Waals surface area contributed by atoms with Crippen molar-refractivity contribution in [3.63, 3.8) is 0 Å². The minimum atomic E-state index is -1.32. The van der Waals surface area contributed by atoms with Gasteiger partial charge in [0.1, 0.15) is 11.3 Å². The van der Waals surface area contributed by atoms with Crippen molar-refractivity contribution in [2.24, 2.45) is 0 Å². The second kappa shape index (κ2) is 8.66. The number of nitrogens with one attached hydrogen (secondary N) is 1. The summed E-state index contributed by atoms with van der Waals surface area (Å²) in [4.78, 5) is 23.8. The predicted molar refractivity (Wildman–Crippen MR) is 93.8 cm³/mol. The Morgan fingerprint density at radius 2 is 2.21 bits per heavy atom. The van der Waals surface area contributed by atoms with Crippen LogP contribution in [0.4, 0.5) is 0 Å². The van der Waals surface area contributed by atoms with Crippen LogP contribution in [0.15, 0.2) is 17.0 Å². The molecule has 7 nitrogen and oxygen atoms in total. The number of hydrogen-bond acceptors (Lipinski definition) is 7. The fraction of sp³-hybridized carbons (Fsp3) is 0.429. The molecule has 0 fully saturated rings. The van der Waals surface area contributed by atoms with Gasteiger partial charge in [0.15, 0.2) is 0 Å². The number of rotatable bonds is 7. The number of benzene rings is 1. The molecule has 1 unspecified atom stereocenters. The molecule has 1 aromatic carbocycles. The third-order valence-corrected chi connectivity index (χ3v) is 5.00. The van der Waals surface area contributed by atoms with Gasteiger partial charge < -0.3 is 25.2 Å². The number of fused-ring (bicyclic) bond motifs is 1. The fourth-order valence-corrected chi connectivity index (χ4v) is 3.57. The molecule has 24 heavy (non-hydrogen) atoms. The maximum absolute atomic E-state index is 11.7. The van der Waals surface area contributed by atoms with Crippen LogP contribution in [0.25, 0.3) is 0 Å². The summed E-state index contributed by atoms with van der Waals surface area (Å²) in [6.45, 7) is -0.0756. The highest BCUT2D eigenvalue weighted by Crippen LogP contribution is 2.36. The summed E-state index contributed by atoms with van der Waals surface area (Å²) in [7, 11) is -1.32. The molecular formula is C14H18BNO6S2. The molecule has 1 aliphatic rings. The van der Waals surface area contributed by atoms with Gasteiger partial charge in [-0.25, -0.2) is 4.79 Å². The van der Waals surface area contributed by atoms with Crippen LogP contribution in [0.5, 0.6) is 5.75 Å². The molecule has 1 atom stereocenters. The predicted octanol–water partition coefficient (Wildman–Crippen LogP) is 0.272. The number of carbonyl (C=O) groups excluding carboxylic acids is 1. The molecule has 0 aliphatic carbocycles. The third kappa shape index (κ3) is 4.38. The van der Waals surface area contributed by atoms with Crippen molar-refractivity contribution < 1.29 is 29.5 Å². The monoisotopic (exact) mass is 371 g/mol. The van der Waals surface area contributed by atoms with Gasteiger partial charge in [-0.3, -0.25) is 4.79 Å². The van der Waals surface area contributed by atoms with Gasteiger partial charge in [0.2, 0.25) is 5.91 Å². The van der Waals surface area contributed by atoms with Crippen molar-refractivity contribution in [3.8, 4) is 5.75 Å². The Bertz CT molecular complexity index is 630. The van der Waals surface area contributed by atoms with Crippen molar-refractivity contribution in [3.05, 3.63) is 23.3 Å². The zero-order chi connectivity index (χ0) is 17.7. The van der Waals surface area contributed by atoms with E-state index >= 15 is 0 Å². The number of amides is 1. The zero-order valence-corrected chi connectivity index (χ0v) is 14.7. The van der Waals surface area contributed by atoms with E-state index in [0.717, 1.165) is 0 Å². The SMILES string of the molecule is CSCC(=O)NC1Cc2ccc(SCCO)c(C(=O)O)c2OB1O. The van der Waals surface area contributed by atoms with Crippen LogP contribution in [-0.4, -0.2) is 64.5 Å². The van der Waals surface area contributed by atoms with Crippen LogP contribution in [0.2, 0.25) is 0 Å². The fourth-order valence-electron chi connectivity index (χ4n) is 2.42. The standard InChI is InChI=1S/C14H18BNO6S2/c1-23-7-11(18)16-10-6-8-2-3-9(24-5-4-17)12(14(19)20)13(8)22-15(10)21/h2-3,10,17,21H,4-7H2,1H3,(H,16,18)(H,19,20). The molecule has 130 valence electrons. The largest absolute Gasteiger partial charge is 0.547 e. The molecule has 0 bridgehead atoms. The first-order chi connectivity index (χ1) is 11.5. The van der Waals surface area contributed by atoms with Crippen LogP contribution in [0.1, 0.15) is 15.9 Å². The summed E-state index contributed by atoms with van der Waals surface area (Å²) in [5, 5.41) is 31.2. The summed E-state index contributed by atoms with van der Waals surface area (Å²) in [6, 6.07) is 3.38. The molecule has 0 aromatic heterocycles. The minimum Gasteiger partial charge on any atom is -0.534 e. The molecule has 4 N–H and O–H groups in total. The Hall–Kier alpha value is -1.36. The lowest BCUT2D eigenvalue weighted by molar-refractivity contribution is -0.118. The lowest BCUT2D eigenvalue weighted by Crippen LogP contribution is -2.53. The highest BCUT2D eigenvalue weighted by atomic mass is 32.2. The average molecular weight is 371 g/mol. The van der Waals surface area contributed by atoms with E-state index in [0.29, 0.717) is 16.2 Å². The van der Waals surface area contributed by atoms with E-state index in [9.17, 15) is 19.7 Å². The van der Waals surface area contributed by atoms with Gasteiger partial charge in [0.25, 0.3) is 0 Å². The highest BCUT2D eigenvalue weighted by molar-refractivity contribution is 7.99. The Kier molecular flexibility index (Phi) is 6.84. The van der Waals surface area contributed by atoms with E-state index in [2.05, 4.69) is 5.32 Å². The molecule has 0 radical (unpaired) electrons. The highest BCUT2D eigenvalue weighted by Gasteiger charge is 2.38. The Morgan fingerprint density at radius 3 is 2.83 bits per heavy atom. The van der Waals surface area contributed by atoms with Gasteiger partial charge in [-0.1, -0.05) is 6.07 Å². The summed E-state index contributed by atoms with van der Waals surface area (Å²) in [6.07, 6.45) is 2.08. The van der Waals surface area contributed by atoms with Crippen molar-refractivity contribution in [2.75, 3.05) is 24.4 Å². The first-order valence-corrected chi connectivity index (χ1v) is 9.61. The van der Waals surface area contributed by atoms with E-state index in [4.69, 9.17) is 9.76 Å². The molecule has 0 spiro atoms. The molecule has 1 heterocycles. The van der Waals surface area contributed by atoms with E-state index in [-0.39, 0.29) is 36.0 Å². The molecule has 1 aliphatic heterocycles. The lowest BCUT2D eigenvalue weighted by atomic mass is 9.72. The molecule has 1 amide bonds. The first-order valence-electron chi connectivity index (χ1n) is 7.23. The number of aliphatic hydroxyl groups is 1. The molecule has 2 rings (SSSR count). The van der Waals surface area contributed by atoms with Crippen molar-refractivity contribution >= 4 is 42.5 Å². The van der Waals surface area contributed by atoms with Crippen LogP contribution in [-0.2, 0) is 11.2 Å². The summed E-state index contributed by atoms with van der Waals surface area (Å²) < 4.78 is 5.41. The maximum Gasteiger partial charge on any atom is 0.547 e. The molecule has 0 saturated heterocycles. The van der Waals surface area contributed by atoms with Gasteiger partial charge in [-0.15, -0.1) is 11.8 Å². The van der Waals surface area contributed by atoms with Crippen LogP contribution >= 0.6 is 23.5 Å². The van der Waals surface area contributed by atoms with Crippen LogP contribution in [0, 0.1) is 0 Å². The second-order valence-corrected chi connectivity index (χ2v) is 7.13. The number of hydrogen-bond donors (Lipinski definition) is 4. The summed E-state index contributed by atoms with van der Waals surface area (Å²) in [5.41, 5.74) is 0.583. The van der Waals surface area contributed by atoms with Crippen LogP contribution < -0.4 is 9.97 Å². The van der Waals surface area contributed by atoms with Crippen LogP contribution in [0.3, 0.4) is 0 Å². The summed E-state index contributed by atoms with van der Waals surface area (Å²) in [5.74, 6) is -1.26. The van der Waals surface area contributed by atoms with Gasteiger partial charge >= 0.3 is 13.1 Å². The molecule has 10 heteroatoms. The molecular weight excluding hydrogens is 353 g/mol. The quantitative estimate of drug-likeness (QED) is 0.399. The summed E-state index contributed by atoms with van der Waals surface area (Å²) >= 11 is 2.57. The van der Waals surface area contributed by atoms with Crippen molar-refractivity contribution in [1.29, 1.82) is 0 Å². The van der Waals surface area contributed by atoms with Crippen molar-refractivity contribution in [1.82, 2.24) is 5.32 Å². The zero-order valence-electron chi connectivity index (χ0n) is 13.0. The number of aliphatic hydroxyl groups excluding tert-OH is 1. The van der Waals surface area contributed by atoms with E-state index in [1.165, 1.54) is 23.5 Å². The third-order valence-electron chi connectivity index (χ3n) is 3.41. The van der Waals surface area contributed by atoms with Gasteiger partial charge in [0, 0.05) is 10.6 Å². The number of thioether (sulfide) groups is 2. The maximum atomic E-state index is 11.7. The number of carbonyl (C=O) groups is 2. The Balaban J connectivity index is 2.27.